The van der Waals surface area contributed by atoms with E-state index < -0.39 is 0 Å². The van der Waals surface area contributed by atoms with Crippen LogP contribution in [0.15, 0.2) is 96.7 Å². The molecule has 4 heterocycles. The summed E-state index contributed by atoms with van der Waals surface area (Å²) in [5.74, 6) is 1.29. The molecule has 6 aromatic rings. The van der Waals surface area contributed by atoms with E-state index in [9.17, 15) is 4.79 Å². The van der Waals surface area contributed by atoms with Crippen LogP contribution in [0.1, 0.15) is 11.1 Å². The van der Waals surface area contributed by atoms with Crippen LogP contribution >= 0.6 is 11.3 Å². The number of para-hydroxylation sites is 1. The maximum atomic E-state index is 13.3. The molecule has 38 heavy (non-hydrogen) atoms. The minimum Gasteiger partial charge on any atom is -0.489 e. The van der Waals surface area contributed by atoms with Crippen molar-refractivity contribution < 1.29 is 4.74 Å². The summed E-state index contributed by atoms with van der Waals surface area (Å²) in [4.78, 5) is 22.4. The molecular formula is C29H22N6O2S. The van der Waals surface area contributed by atoms with Crippen LogP contribution in [0.5, 0.6) is 5.75 Å². The quantitative estimate of drug-likeness (QED) is 0.290. The summed E-state index contributed by atoms with van der Waals surface area (Å²) < 4.78 is 9.45. The normalized spacial score (nSPS) is 11.8. The lowest BCUT2D eigenvalue weighted by molar-refractivity contribution is 0.361. The summed E-state index contributed by atoms with van der Waals surface area (Å²) in [6.45, 7) is 6.14. The van der Waals surface area contributed by atoms with Crippen LogP contribution in [0.2, 0.25) is 0 Å². The van der Waals surface area contributed by atoms with Crippen LogP contribution in [-0.2, 0) is 0 Å². The first-order chi connectivity index (χ1) is 18.6. The predicted octanol–water partition coefficient (Wildman–Crippen LogP) is 4.49. The fourth-order valence-corrected chi connectivity index (χ4v) is 5.03. The number of hydrogen-bond acceptors (Lipinski definition) is 7. The largest absolute Gasteiger partial charge is 0.489 e. The van der Waals surface area contributed by atoms with E-state index in [2.05, 4.69) is 21.6 Å². The number of thiazole rings is 1. The monoisotopic (exact) mass is 518 g/mol. The molecule has 0 fully saturated rings. The molecule has 0 N–H and O–H groups in total. The number of ether oxygens (including phenoxy) is 1. The van der Waals surface area contributed by atoms with E-state index in [0.29, 0.717) is 21.9 Å². The number of fused-ring (bicyclic) bond motifs is 1. The number of aromatic nitrogens is 6. The summed E-state index contributed by atoms with van der Waals surface area (Å²) in [6.07, 6.45) is 8.85. The highest BCUT2D eigenvalue weighted by molar-refractivity contribution is 7.15. The summed E-state index contributed by atoms with van der Waals surface area (Å²) >= 11 is 1.30. The first kappa shape index (κ1) is 23.5. The van der Waals surface area contributed by atoms with Gasteiger partial charge in [-0.15, -0.1) is 5.10 Å². The van der Waals surface area contributed by atoms with Crippen molar-refractivity contribution in [3.05, 3.63) is 118 Å². The van der Waals surface area contributed by atoms with Gasteiger partial charge in [0.15, 0.2) is 5.82 Å². The van der Waals surface area contributed by atoms with E-state index in [-0.39, 0.29) is 5.56 Å². The maximum Gasteiger partial charge on any atom is 0.291 e. The molecule has 0 atom stereocenters. The Morgan fingerprint density at radius 1 is 1.03 bits per heavy atom. The Morgan fingerprint density at radius 2 is 1.84 bits per heavy atom. The Morgan fingerprint density at radius 3 is 2.58 bits per heavy atom. The zero-order valence-electron chi connectivity index (χ0n) is 20.5. The molecule has 8 nitrogen and oxygen atoms in total. The van der Waals surface area contributed by atoms with Crippen LogP contribution in [0, 0.1) is 6.92 Å². The third-order valence-electron chi connectivity index (χ3n) is 5.98. The first-order valence-electron chi connectivity index (χ1n) is 11.9. The minimum atomic E-state index is -0.222. The second kappa shape index (κ2) is 9.87. The van der Waals surface area contributed by atoms with Gasteiger partial charge in [-0.25, -0.2) is 4.68 Å². The van der Waals surface area contributed by atoms with Gasteiger partial charge in [0.1, 0.15) is 18.1 Å². The van der Waals surface area contributed by atoms with Crippen molar-refractivity contribution in [1.29, 1.82) is 0 Å². The highest BCUT2D eigenvalue weighted by atomic mass is 32.1. The van der Waals surface area contributed by atoms with Gasteiger partial charge in [-0.2, -0.15) is 14.6 Å². The Bertz CT molecular complexity index is 1870. The lowest BCUT2D eigenvalue weighted by Gasteiger charge is -2.08. The third-order valence-corrected chi connectivity index (χ3v) is 6.93. The SMILES string of the molecule is C=CCOc1ccc(-c2nn(-c3ccccc3)cc2C=c2sc3nc(-c4ccncc4)nn3c2=O)cc1C. The van der Waals surface area contributed by atoms with Crippen molar-refractivity contribution >= 4 is 22.4 Å². The maximum absolute atomic E-state index is 13.3. The molecule has 0 aliphatic rings. The zero-order valence-corrected chi connectivity index (χ0v) is 21.3. The van der Waals surface area contributed by atoms with Gasteiger partial charge in [0.2, 0.25) is 4.96 Å². The zero-order chi connectivity index (χ0) is 26.1. The summed E-state index contributed by atoms with van der Waals surface area (Å²) in [5, 5.41) is 9.33. The van der Waals surface area contributed by atoms with Crippen molar-refractivity contribution in [2.45, 2.75) is 6.92 Å². The molecule has 6 rings (SSSR count). The van der Waals surface area contributed by atoms with Gasteiger partial charge < -0.3 is 4.74 Å². The molecule has 0 amide bonds. The number of rotatable bonds is 7. The molecule has 0 aliphatic carbocycles. The van der Waals surface area contributed by atoms with Crippen LogP contribution in [0.4, 0.5) is 0 Å². The first-order valence-corrected chi connectivity index (χ1v) is 12.7. The van der Waals surface area contributed by atoms with Gasteiger partial charge >= 0.3 is 0 Å². The average molecular weight is 519 g/mol. The highest BCUT2D eigenvalue weighted by Gasteiger charge is 2.16. The molecule has 0 bridgehead atoms. The second-order valence-electron chi connectivity index (χ2n) is 8.57. The van der Waals surface area contributed by atoms with E-state index in [0.717, 1.165) is 39.4 Å². The Balaban J connectivity index is 1.47. The number of pyridine rings is 1. The molecular weight excluding hydrogens is 496 g/mol. The van der Waals surface area contributed by atoms with Crippen molar-refractivity contribution in [3.8, 4) is 34.1 Å². The van der Waals surface area contributed by atoms with E-state index in [1.807, 2.05) is 84.5 Å². The number of hydrogen-bond donors (Lipinski definition) is 0. The van der Waals surface area contributed by atoms with Gasteiger partial charge in [0.05, 0.1) is 10.2 Å². The Hall–Kier alpha value is -4.89. The molecule has 2 aromatic carbocycles. The van der Waals surface area contributed by atoms with Gasteiger partial charge in [0.25, 0.3) is 5.56 Å². The topological polar surface area (TPSA) is 87.2 Å². The fraction of sp³-hybridized carbons (Fsp3) is 0.0690. The number of benzene rings is 2. The number of aryl methyl sites for hydroxylation is 1. The predicted molar refractivity (Wildman–Crippen MR) is 149 cm³/mol. The molecule has 0 unspecified atom stereocenters. The third kappa shape index (κ3) is 4.39. The summed E-state index contributed by atoms with van der Waals surface area (Å²) in [6, 6.07) is 19.4. The number of nitrogens with zero attached hydrogens (tertiary/aromatic N) is 6. The lowest BCUT2D eigenvalue weighted by atomic mass is 10.0. The van der Waals surface area contributed by atoms with Crippen LogP contribution < -0.4 is 14.8 Å². The molecule has 4 aromatic heterocycles. The molecule has 9 heteroatoms. The van der Waals surface area contributed by atoms with Crippen LogP contribution in [0.25, 0.3) is 39.4 Å². The van der Waals surface area contributed by atoms with E-state index in [1.165, 1.54) is 15.9 Å². The van der Waals surface area contributed by atoms with Crippen LogP contribution in [-0.4, -0.2) is 36.0 Å². The molecule has 0 radical (unpaired) electrons. The molecule has 0 saturated heterocycles. The van der Waals surface area contributed by atoms with Gasteiger partial charge in [-0.1, -0.05) is 42.2 Å². The summed E-state index contributed by atoms with van der Waals surface area (Å²) in [7, 11) is 0. The van der Waals surface area contributed by atoms with E-state index >= 15 is 0 Å². The van der Waals surface area contributed by atoms with Gasteiger partial charge in [-0.05, 0) is 61.0 Å². The Labute approximate surface area is 221 Å². The molecule has 0 saturated carbocycles. The van der Waals surface area contributed by atoms with Gasteiger partial charge in [-0.3, -0.25) is 9.78 Å². The van der Waals surface area contributed by atoms with Crippen molar-refractivity contribution in [2.75, 3.05) is 6.61 Å². The standard InChI is InChI=1S/C29H22N6O2S/c1-3-15-37-24-10-9-21(16-19(24)2)26-22(18-34(32-26)23-7-5-4-6-8-23)17-25-28(36)35-29(38-25)31-27(33-35)20-11-13-30-14-12-20/h3-14,16-18H,1,15H2,2H3. The fourth-order valence-electron chi connectivity index (χ4n) is 4.14. The molecule has 186 valence electrons. The van der Waals surface area contributed by atoms with Crippen molar-refractivity contribution in [3.63, 3.8) is 0 Å². The van der Waals surface area contributed by atoms with E-state index in [1.54, 1.807) is 18.5 Å². The Kier molecular flexibility index (Phi) is 6.11. The van der Waals surface area contributed by atoms with E-state index in [4.69, 9.17) is 9.84 Å². The van der Waals surface area contributed by atoms with Crippen LogP contribution in [0.3, 0.4) is 0 Å². The summed E-state index contributed by atoms with van der Waals surface area (Å²) in [5.41, 5.74) is 4.97. The second-order valence-corrected chi connectivity index (χ2v) is 9.58. The molecule has 0 aliphatic heterocycles. The highest BCUT2D eigenvalue weighted by Crippen LogP contribution is 2.29. The lowest BCUT2D eigenvalue weighted by Crippen LogP contribution is -2.23. The smallest absolute Gasteiger partial charge is 0.291 e. The minimum absolute atomic E-state index is 0.222. The average Bonchev–Trinajstić information content (AvgIpc) is 3.64. The van der Waals surface area contributed by atoms with Crippen molar-refractivity contribution in [2.24, 2.45) is 0 Å². The molecule has 0 spiro atoms. The van der Waals surface area contributed by atoms with Gasteiger partial charge in [0, 0.05) is 35.3 Å². The van der Waals surface area contributed by atoms with Crippen molar-refractivity contribution in [1.82, 2.24) is 29.4 Å².